The zero-order chi connectivity index (χ0) is 39.3. The van der Waals surface area contributed by atoms with E-state index >= 15 is 0 Å². The summed E-state index contributed by atoms with van der Waals surface area (Å²) in [5, 5.41) is 25.0. The van der Waals surface area contributed by atoms with Gasteiger partial charge in [-0.05, 0) is 46.8 Å². The van der Waals surface area contributed by atoms with Crippen LogP contribution < -0.4 is 29.9 Å². The SMILES string of the molecule is CC(C)Oc1nnc(Cl)cc1N1CCOCC1.Cc1ncc(N)cc1-c1cc(N2CCOCC2)c(OC(C)C)nn1.Clc1cc(N2CCOCC2)c(Cl)nn1. The summed E-state index contributed by atoms with van der Waals surface area (Å²) in [7, 11) is 0. The van der Waals surface area contributed by atoms with Crippen LogP contribution in [0.15, 0.2) is 30.5 Å². The minimum atomic E-state index is 0.0284. The number of hydrogen-bond acceptors (Lipinski definition) is 16. The lowest BCUT2D eigenvalue weighted by Gasteiger charge is -2.30. The lowest BCUT2D eigenvalue weighted by atomic mass is 10.1. The molecule has 0 bridgehead atoms. The fraction of sp³-hybridized carbons (Fsp3) is 0.528. The van der Waals surface area contributed by atoms with Gasteiger partial charge in [0.05, 0.1) is 75.1 Å². The molecule has 0 amide bonds. The molecule has 2 N–H and O–H groups in total. The molecule has 0 saturated carbocycles. The molecule has 7 heterocycles. The number of halogens is 3. The molecule has 3 fully saturated rings. The Morgan fingerprint density at radius 3 is 1.55 bits per heavy atom. The van der Waals surface area contributed by atoms with Gasteiger partial charge in [0, 0.05) is 62.7 Å². The van der Waals surface area contributed by atoms with Crippen molar-refractivity contribution < 1.29 is 23.7 Å². The molecular formula is C36H48Cl3N11O5. The summed E-state index contributed by atoms with van der Waals surface area (Å²) in [5.41, 5.74) is 11.6. The fourth-order valence-electron chi connectivity index (χ4n) is 5.70. The second kappa shape index (κ2) is 20.7. The minimum Gasteiger partial charge on any atom is -0.472 e. The van der Waals surface area contributed by atoms with Gasteiger partial charge in [0.25, 0.3) is 11.8 Å². The number of rotatable bonds is 8. The Kier molecular flexibility index (Phi) is 15.9. The van der Waals surface area contributed by atoms with E-state index in [1.54, 1.807) is 18.3 Å². The number of ether oxygens (including phenoxy) is 5. The van der Waals surface area contributed by atoms with Gasteiger partial charge in [0.1, 0.15) is 11.4 Å². The lowest BCUT2D eigenvalue weighted by molar-refractivity contribution is 0.122. The zero-order valence-electron chi connectivity index (χ0n) is 31.8. The number of hydrogen-bond donors (Lipinski definition) is 1. The van der Waals surface area contributed by atoms with Gasteiger partial charge in [0.2, 0.25) is 0 Å². The Labute approximate surface area is 336 Å². The van der Waals surface area contributed by atoms with E-state index in [4.69, 9.17) is 64.2 Å². The summed E-state index contributed by atoms with van der Waals surface area (Å²) in [6, 6.07) is 7.39. The first-order chi connectivity index (χ1) is 26.5. The molecule has 3 saturated heterocycles. The summed E-state index contributed by atoms with van der Waals surface area (Å²) in [6.07, 6.45) is 1.73. The van der Waals surface area contributed by atoms with Gasteiger partial charge in [-0.3, -0.25) is 4.98 Å². The average molecular weight is 821 g/mol. The second-order valence-corrected chi connectivity index (χ2v) is 14.3. The molecule has 0 unspecified atom stereocenters. The van der Waals surface area contributed by atoms with Gasteiger partial charge < -0.3 is 44.1 Å². The van der Waals surface area contributed by atoms with Gasteiger partial charge in [-0.1, -0.05) is 34.8 Å². The average Bonchev–Trinajstić information content (AvgIpc) is 3.19. The van der Waals surface area contributed by atoms with Gasteiger partial charge in [-0.25, -0.2) is 0 Å². The first kappa shape index (κ1) is 42.1. The standard InChI is InChI=1S/C17H23N5O2.C11H16ClN3O2.C8H9Cl2N3O/c1-11(2)24-17-16(22-4-6-23-7-5-22)9-15(20-21-17)14-8-13(18)10-19-12(14)3;1-8(2)17-11-9(7-10(12)13-14-11)15-3-5-16-6-4-15;9-7-5-6(8(10)12-11-7)13-1-3-14-4-2-13/h8-11H,4-7,18H2,1-3H3;7-8H,3-6H2,1-2H3;5H,1-4H2. The number of aryl methyl sites for hydroxylation is 1. The summed E-state index contributed by atoms with van der Waals surface area (Å²) in [5.74, 6) is 1.08. The molecule has 19 heteroatoms. The Morgan fingerprint density at radius 2 is 1.04 bits per heavy atom. The number of aromatic nitrogens is 7. The van der Waals surface area contributed by atoms with E-state index in [-0.39, 0.29) is 12.2 Å². The molecule has 0 aliphatic carbocycles. The Bertz CT molecular complexity index is 1830. The maximum Gasteiger partial charge on any atom is 0.257 e. The van der Waals surface area contributed by atoms with E-state index in [1.165, 1.54) is 0 Å². The Hall–Kier alpha value is -4.06. The summed E-state index contributed by atoms with van der Waals surface area (Å²) < 4.78 is 27.5. The van der Waals surface area contributed by atoms with E-state index in [1.807, 2.05) is 46.8 Å². The van der Waals surface area contributed by atoms with Crippen molar-refractivity contribution >= 4 is 57.6 Å². The van der Waals surface area contributed by atoms with Crippen LogP contribution in [0.2, 0.25) is 15.5 Å². The number of morpholine rings is 3. The van der Waals surface area contributed by atoms with Crippen molar-refractivity contribution in [2.24, 2.45) is 0 Å². The normalized spacial score (nSPS) is 15.9. The predicted octanol–water partition coefficient (Wildman–Crippen LogP) is 5.43. The molecule has 4 aromatic rings. The van der Waals surface area contributed by atoms with E-state index in [0.29, 0.717) is 72.5 Å². The molecule has 0 spiro atoms. The van der Waals surface area contributed by atoms with E-state index in [9.17, 15) is 0 Å². The van der Waals surface area contributed by atoms with Crippen LogP contribution in [-0.4, -0.2) is 127 Å². The van der Waals surface area contributed by atoms with Crippen molar-refractivity contribution in [3.8, 4) is 23.0 Å². The maximum absolute atomic E-state index is 5.91. The highest BCUT2D eigenvalue weighted by Gasteiger charge is 2.22. The van der Waals surface area contributed by atoms with Crippen molar-refractivity contribution in [2.75, 3.05) is 99.3 Å². The summed E-state index contributed by atoms with van der Waals surface area (Å²) >= 11 is 17.5. The highest BCUT2D eigenvalue weighted by molar-refractivity contribution is 6.33. The molecule has 0 atom stereocenters. The lowest BCUT2D eigenvalue weighted by Crippen LogP contribution is -2.36. The number of nitrogen functional groups attached to an aromatic ring is 1. The zero-order valence-corrected chi connectivity index (χ0v) is 34.0. The molecule has 4 aromatic heterocycles. The minimum absolute atomic E-state index is 0.0284. The predicted molar refractivity (Wildman–Crippen MR) is 214 cm³/mol. The van der Waals surface area contributed by atoms with Crippen LogP contribution in [0.5, 0.6) is 11.8 Å². The third-order valence-corrected chi connectivity index (χ3v) is 8.93. The Balaban J connectivity index is 0.000000165. The molecule has 55 heavy (non-hydrogen) atoms. The molecule has 0 radical (unpaired) electrons. The molecule has 3 aliphatic rings. The first-order valence-electron chi connectivity index (χ1n) is 18.1. The third kappa shape index (κ3) is 12.5. The number of anilines is 4. The van der Waals surface area contributed by atoms with Crippen LogP contribution in [0.25, 0.3) is 11.3 Å². The number of nitrogens with two attached hydrogens (primary N) is 1. The second-order valence-electron chi connectivity index (χ2n) is 13.2. The van der Waals surface area contributed by atoms with Gasteiger partial charge in [-0.2, -0.15) is 0 Å². The number of pyridine rings is 1. The van der Waals surface area contributed by atoms with Crippen molar-refractivity contribution in [1.82, 2.24) is 35.6 Å². The van der Waals surface area contributed by atoms with E-state index < -0.39 is 0 Å². The summed E-state index contributed by atoms with van der Waals surface area (Å²) in [6.45, 7) is 18.9. The van der Waals surface area contributed by atoms with Crippen LogP contribution in [-0.2, 0) is 14.2 Å². The fourth-order valence-corrected chi connectivity index (χ4v) is 6.20. The van der Waals surface area contributed by atoms with Crippen LogP contribution in [0.1, 0.15) is 33.4 Å². The molecular weight excluding hydrogens is 773 g/mol. The van der Waals surface area contributed by atoms with Crippen LogP contribution in [0.4, 0.5) is 22.7 Å². The van der Waals surface area contributed by atoms with Gasteiger partial charge in [0.15, 0.2) is 15.5 Å². The van der Waals surface area contributed by atoms with Crippen molar-refractivity contribution in [3.63, 3.8) is 0 Å². The van der Waals surface area contributed by atoms with Crippen LogP contribution >= 0.6 is 34.8 Å². The quantitative estimate of drug-likeness (QED) is 0.238. The highest BCUT2D eigenvalue weighted by Crippen LogP contribution is 2.33. The highest BCUT2D eigenvalue weighted by atomic mass is 35.5. The molecule has 3 aliphatic heterocycles. The van der Waals surface area contributed by atoms with Crippen molar-refractivity contribution in [1.29, 1.82) is 0 Å². The van der Waals surface area contributed by atoms with Crippen molar-refractivity contribution in [2.45, 2.75) is 46.8 Å². The largest absolute Gasteiger partial charge is 0.472 e. The maximum atomic E-state index is 5.91. The first-order valence-corrected chi connectivity index (χ1v) is 19.3. The molecule has 298 valence electrons. The Morgan fingerprint density at radius 1 is 0.600 bits per heavy atom. The topological polar surface area (TPSA) is 172 Å². The molecule has 16 nitrogen and oxygen atoms in total. The van der Waals surface area contributed by atoms with Crippen LogP contribution in [0, 0.1) is 6.92 Å². The van der Waals surface area contributed by atoms with Crippen molar-refractivity contribution in [3.05, 3.63) is 51.6 Å². The van der Waals surface area contributed by atoms with Crippen LogP contribution in [0.3, 0.4) is 0 Å². The van der Waals surface area contributed by atoms with E-state index in [2.05, 4.69) is 50.3 Å². The third-order valence-electron chi connectivity index (χ3n) is 8.29. The molecule has 7 rings (SSSR count). The van der Waals surface area contributed by atoms with Gasteiger partial charge in [-0.15, -0.1) is 30.6 Å². The molecule has 0 aromatic carbocycles. The summed E-state index contributed by atoms with van der Waals surface area (Å²) in [4.78, 5) is 10.8. The van der Waals surface area contributed by atoms with Gasteiger partial charge >= 0.3 is 0 Å². The smallest absolute Gasteiger partial charge is 0.257 e. The number of nitrogens with zero attached hydrogens (tertiary/aromatic N) is 10. The van der Waals surface area contributed by atoms with E-state index in [0.717, 1.165) is 73.3 Å². The monoisotopic (exact) mass is 819 g/mol.